The van der Waals surface area contributed by atoms with E-state index in [0.29, 0.717) is 24.4 Å². The molecule has 0 N–H and O–H groups in total. The van der Waals surface area contributed by atoms with Crippen LogP contribution in [-0.2, 0) is 25.8 Å². The lowest BCUT2D eigenvalue weighted by Gasteiger charge is -2.27. The van der Waals surface area contributed by atoms with Gasteiger partial charge in [0, 0.05) is 31.6 Å². The number of likely N-dealkylation sites (N-methyl/N-ethyl adjacent to an activating group) is 1. The fraction of sp³-hybridized carbons (Fsp3) is 0.529. The van der Waals surface area contributed by atoms with Crippen LogP contribution in [0.15, 0.2) is 24.3 Å². The monoisotopic (exact) mass is 386 g/mol. The highest BCUT2D eigenvalue weighted by molar-refractivity contribution is 7.91. The molecule has 1 fully saturated rings. The normalized spacial score (nSPS) is 18.8. The molecule has 1 aromatic carbocycles. The van der Waals surface area contributed by atoms with Gasteiger partial charge in [0.25, 0.3) is 0 Å². The molecule has 1 unspecified atom stereocenters. The first-order valence-electron chi connectivity index (χ1n) is 8.14. The number of amides is 2. The SMILES string of the molecule is CC(=O)N(CCc1cccc(Cl)c1)CC(=O)N(C)C1CCS(=O)(=O)C1. The second kappa shape index (κ2) is 8.19. The summed E-state index contributed by atoms with van der Waals surface area (Å²) in [4.78, 5) is 27.2. The fourth-order valence-electron chi connectivity index (χ4n) is 2.86. The summed E-state index contributed by atoms with van der Waals surface area (Å²) in [6.07, 6.45) is 1.04. The molecule has 0 radical (unpaired) electrons. The number of halogens is 1. The molecule has 25 heavy (non-hydrogen) atoms. The summed E-state index contributed by atoms with van der Waals surface area (Å²) in [5.41, 5.74) is 0.987. The van der Waals surface area contributed by atoms with Crippen molar-refractivity contribution >= 4 is 33.3 Å². The van der Waals surface area contributed by atoms with Crippen LogP contribution in [0.2, 0.25) is 5.02 Å². The predicted molar refractivity (Wildman–Crippen MR) is 97.2 cm³/mol. The molecule has 1 aliphatic heterocycles. The zero-order valence-corrected chi connectivity index (χ0v) is 16.0. The van der Waals surface area contributed by atoms with E-state index in [1.54, 1.807) is 13.1 Å². The molecule has 1 aromatic rings. The van der Waals surface area contributed by atoms with E-state index in [0.717, 1.165) is 5.56 Å². The number of carbonyl (C=O) groups is 2. The molecule has 1 saturated heterocycles. The fourth-order valence-corrected chi connectivity index (χ4v) is 4.85. The Labute approximate surface area is 153 Å². The van der Waals surface area contributed by atoms with Gasteiger partial charge < -0.3 is 9.80 Å². The number of sulfone groups is 1. The van der Waals surface area contributed by atoms with Gasteiger partial charge in [-0.05, 0) is 30.5 Å². The Kier molecular flexibility index (Phi) is 6.46. The first kappa shape index (κ1) is 19.7. The van der Waals surface area contributed by atoms with Crippen LogP contribution >= 0.6 is 11.6 Å². The minimum Gasteiger partial charge on any atom is -0.340 e. The Morgan fingerprint density at radius 3 is 2.60 bits per heavy atom. The van der Waals surface area contributed by atoms with E-state index in [1.807, 2.05) is 18.2 Å². The summed E-state index contributed by atoms with van der Waals surface area (Å²) in [5.74, 6) is -0.329. The van der Waals surface area contributed by atoms with Crippen molar-refractivity contribution in [2.45, 2.75) is 25.8 Å². The molecular formula is C17H23ClN2O4S. The molecule has 0 aromatic heterocycles. The van der Waals surface area contributed by atoms with Crippen LogP contribution in [-0.4, -0.2) is 67.7 Å². The minimum absolute atomic E-state index is 0.00216. The van der Waals surface area contributed by atoms with Gasteiger partial charge in [0.1, 0.15) is 0 Å². The number of carbonyl (C=O) groups excluding carboxylic acids is 2. The first-order chi connectivity index (χ1) is 11.7. The highest BCUT2D eigenvalue weighted by Gasteiger charge is 2.33. The molecule has 6 nitrogen and oxygen atoms in total. The molecule has 0 aliphatic carbocycles. The van der Waals surface area contributed by atoms with Gasteiger partial charge in [-0.15, -0.1) is 0 Å². The maximum Gasteiger partial charge on any atom is 0.242 e. The molecule has 1 aliphatic rings. The lowest BCUT2D eigenvalue weighted by molar-refractivity contribution is -0.139. The van der Waals surface area contributed by atoms with Crippen LogP contribution in [0.1, 0.15) is 18.9 Å². The van der Waals surface area contributed by atoms with Gasteiger partial charge in [0.2, 0.25) is 11.8 Å². The Morgan fingerprint density at radius 2 is 2.04 bits per heavy atom. The van der Waals surface area contributed by atoms with Gasteiger partial charge in [-0.25, -0.2) is 8.42 Å². The molecule has 1 atom stereocenters. The topological polar surface area (TPSA) is 74.8 Å². The summed E-state index contributed by atoms with van der Waals surface area (Å²) in [5, 5.41) is 0.630. The quantitative estimate of drug-likeness (QED) is 0.740. The van der Waals surface area contributed by atoms with Crippen molar-refractivity contribution in [2.24, 2.45) is 0 Å². The minimum atomic E-state index is -3.06. The average molecular weight is 387 g/mol. The third-order valence-corrected chi connectivity index (χ3v) is 6.47. The Balaban J connectivity index is 1.94. The molecular weight excluding hydrogens is 364 g/mol. The lowest BCUT2D eigenvalue weighted by Crippen LogP contribution is -2.45. The van der Waals surface area contributed by atoms with Gasteiger partial charge in [-0.1, -0.05) is 23.7 Å². The molecule has 138 valence electrons. The van der Waals surface area contributed by atoms with Crippen LogP contribution in [0.4, 0.5) is 0 Å². The number of rotatable bonds is 6. The summed E-state index contributed by atoms with van der Waals surface area (Å²) >= 11 is 5.95. The largest absolute Gasteiger partial charge is 0.340 e. The zero-order chi connectivity index (χ0) is 18.6. The summed E-state index contributed by atoms with van der Waals surface area (Å²) in [6, 6.07) is 7.06. The van der Waals surface area contributed by atoms with Crippen LogP contribution in [0.25, 0.3) is 0 Å². The van der Waals surface area contributed by atoms with Crippen molar-refractivity contribution in [1.29, 1.82) is 0 Å². The molecule has 0 bridgehead atoms. The third kappa shape index (κ3) is 5.71. The van der Waals surface area contributed by atoms with E-state index >= 15 is 0 Å². The van der Waals surface area contributed by atoms with Crippen LogP contribution in [0, 0.1) is 0 Å². The maximum atomic E-state index is 12.4. The van der Waals surface area contributed by atoms with Crippen LogP contribution in [0.5, 0.6) is 0 Å². The van der Waals surface area contributed by atoms with Crippen LogP contribution < -0.4 is 0 Å². The maximum absolute atomic E-state index is 12.4. The Hall–Kier alpha value is -1.60. The van der Waals surface area contributed by atoms with Gasteiger partial charge >= 0.3 is 0 Å². The predicted octanol–water partition coefficient (Wildman–Crippen LogP) is 1.38. The highest BCUT2D eigenvalue weighted by Crippen LogP contribution is 2.17. The molecule has 8 heteroatoms. The van der Waals surface area contributed by atoms with E-state index in [9.17, 15) is 18.0 Å². The molecule has 2 rings (SSSR count). The lowest BCUT2D eigenvalue weighted by atomic mass is 10.1. The summed E-state index contributed by atoms with van der Waals surface area (Å²) in [7, 11) is -1.46. The smallest absolute Gasteiger partial charge is 0.242 e. The van der Waals surface area contributed by atoms with Gasteiger partial charge in [-0.2, -0.15) is 0 Å². The Bertz CT molecular complexity index is 751. The van der Waals surface area contributed by atoms with Crippen LogP contribution in [0.3, 0.4) is 0 Å². The number of benzene rings is 1. The molecule has 2 amide bonds. The van der Waals surface area contributed by atoms with Crippen molar-refractivity contribution in [1.82, 2.24) is 9.80 Å². The van der Waals surface area contributed by atoms with Gasteiger partial charge in [0.15, 0.2) is 9.84 Å². The van der Waals surface area contributed by atoms with Crippen molar-refractivity contribution in [3.63, 3.8) is 0 Å². The van der Waals surface area contributed by atoms with Gasteiger partial charge in [-0.3, -0.25) is 9.59 Å². The molecule has 0 saturated carbocycles. The van der Waals surface area contributed by atoms with Crippen molar-refractivity contribution in [3.8, 4) is 0 Å². The standard InChI is InChI=1S/C17H23ClN2O4S/c1-13(21)20(8-6-14-4-3-5-15(18)10-14)11-17(22)19(2)16-7-9-25(23,24)12-16/h3-5,10,16H,6-9,11-12H2,1-2H3. The average Bonchev–Trinajstić information content (AvgIpc) is 2.90. The molecule has 1 heterocycles. The second-order valence-electron chi connectivity index (χ2n) is 6.38. The van der Waals surface area contributed by atoms with E-state index in [2.05, 4.69) is 0 Å². The number of hydrogen-bond acceptors (Lipinski definition) is 4. The van der Waals surface area contributed by atoms with Crippen molar-refractivity contribution in [3.05, 3.63) is 34.9 Å². The van der Waals surface area contributed by atoms with Crippen molar-refractivity contribution in [2.75, 3.05) is 31.6 Å². The third-order valence-electron chi connectivity index (χ3n) is 4.48. The highest BCUT2D eigenvalue weighted by atomic mass is 35.5. The number of nitrogens with zero attached hydrogens (tertiary/aromatic N) is 2. The summed E-state index contributed by atoms with van der Waals surface area (Å²) < 4.78 is 23.1. The van der Waals surface area contributed by atoms with E-state index < -0.39 is 9.84 Å². The summed E-state index contributed by atoms with van der Waals surface area (Å²) in [6.45, 7) is 1.77. The second-order valence-corrected chi connectivity index (χ2v) is 9.05. The Morgan fingerprint density at radius 1 is 1.32 bits per heavy atom. The zero-order valence-electron chi connectivity index (χ0n) is 14.4. The first-order valence-corrected chi connectivity index (χ1v) is 10.3. The van der Waals surface area contributed by atoms with E-state index in [4.69, 9.17) is 11.6 Å². The van der Waals surface area contributed by atoms with E-state index in [-0.39, 0.29) is 35.9 Å². The van der Waals surface area contributed by atoms with Gasteiger partial charge in [0.05, 0.1) is 18.1 Å². The van der Waals surface area contributed by atoms with Crippen molar-refractivity contribution < 1.29 is 18.0 Å². The number of hydrogen-bond donors (Lipinski definition) is 0. The van der Waals surface area contributed by atoms with E-state index in [1.165, 1.54) is 16.7 Å². The molecule has 0 spiro atoms.